The largest absolute Gasteiger partial charge is 0.454 e. The number of carbonyl (C=O) groups excluding carboxylic acids is 2. The van der Waals surface area contributed by atoms with Crippen molar-refractivity contribution in [2.75, 3.05) is 19.6 Å². The third-order valence-electron chi connectivity index (χ3n) is 3.47. The van der Waals surface area contributed by atoms with Crippen molar-refractivity contribution >= 4 is 11.8 Å². The van der Waals surface area contributed by atoms with E-state index in [1.54, 1.807) is 37.4 Å². The number of amides is 2. The maximum atomic E-state index is 12.4. The van der Waals surface area contributed by atoms with Gasteiger partial charge in [0.1, 0.15) is 5.76 Å². The number of aromatic nitrogens is 1. The summed E-state index contributed by atoms with van der Waals surface area (Å²) in [5, 5.41) is 2.66. The van der Waals surface area contributed by atoms with Crippen LogP contribution in [-0.2, 0) is 11.3 Å². The molecule has 0 aromatic carbocycles. The summed E-state index contributed by atoms with van der Waals surface area (Å²) >= 11 is 0. The first-order valence-electron chi connectivity index (χ1n) is 7.85. The highest BCUT2D eigenvalue weighted by atomic mass is 16.4. The predicted molar refractivity (Wildman–Crippen MR) is 88.8 cm³/mol. The van der Waals surface area contributed by atoms with Crippen molar-refractivity contribution in [3.63, 3.8) is 0 Å². The Morgan fingerprint density at radius 3 is 2.67 bits per heavy atom. The summed E-state index contributed by atoms with van der Waals surface area (Å²) in [7, 11) is 0. The molecule has 0 unspecified atom stereocenters. The minimum Gasteiger partial charge on any atom is -0.454 e. The molecule has 0 atom stereocenters. The Morgan fingerprint density at radius 2 is 2.00 bits per heavy atom. The Morgan fingerprint density at radius 1 is 1.21 bits per heavy atom. The van der Waals surface area contributed by atoms with Crippen molar-refractivity contribution in [2.24, 2.45) is 0 Å². The summed E-state index contributed by atoms with van der Waals surface area (Å²) < 4.78 is 7.03. The smallest absolute Gasteiger partial charge is 0.290 e. The number of nitrogens with one attached hydrogen (secondary N) is 1. The molecule has 0 aliphatic rings. The van der Waals surface area contributed by atoms with Crippen molar-refractivity contribution in [3.8, 4) is 0 Å². The molecule has 0 saturated heterocycles. The zero-order valence-corrected chi connectivity index (χ0v) is 13.8. The zero-order valence-electron chi connectivity index (χ0n) is 13.8. The Hall–Kier alpha value is -2.83. The molecule has 0 aliphatic heterocycles. The molecule has 2 aromatic heterocycles. The van der Waals surface area contributed by atoms with Crippen molar-refractivity contribution in [1.82, 2.24) is 14.8 Å². The highest BCUT2D eigenvalue weighted by Gasteiger charge is 2.20. The van der Waals surface area contributed by atoms with Crippen LogP contribution in [-0.4, -0.2) is 40.9 Å². The average molecular weight is 331 g/mol. The normalized spacial score (nSPS) is 10.4. The van der Waals surface area contributed by atoms with E-state index < -0.39 is 0 Å². The van der Waals surface area contributed by atoms with Gasteiger partial charge >= 0.3 is 0 Å². The van der Waals surface area contributed by atoms with Gasteiger partial charge in [0.15, 0.2) is 5.76 Å². The van der Waals surface area contributed by atoms with Crippen molar-refractivity contribution in [2.45, 2.75) is 20.4 Å². The molecule has 0 aliphatic carbocycles. The predicted octanol–water partition coefficient (Wildman–Crippen LogP) is 1.09. The number of hydrogen-bond donors (Lipinski definition) is 1. The van der Waals surface area contributed by atoms with E-state index in [9.17, 15) is 14.4 Å². The lowest BCUT2D eigenvalue weighted by Gasteiger charge is -2.18. The van der Waals surface area contributed by atoms with Gasteiger partial charge in [0.25, 0.3) is 11.5 Å². The van der Waals surface area contributed by atoms with Crippen LogP contribution in [0.25, 0.3) is 0 Å². The second kappa shape index (κ2) is 8.14. The molecular weight excluding hydrogens is 310 g/mol. The molecule has 2 amide bonds. The minimum absolute atomic E-state index is 0.0165. The van der Waals surface area contributed by atoms with E-state index in [0.717, 1.165) is 0 Å². The number of nitrogens with zero attached hydrogens (tertiary/aromatic N) is 2. The Balaban J connectivity index is 2.08. The number of carbonyl (C=O) groups is 2. The summed E-state index contributed by atoms with van der Waals surface area (Å²) in [4.78, 5) is 37.2. The van der Waals surface area contributed by atoms with Crippen LogP contribution in [0, 0.1) is 0 Å². The number of likely N-dealkylation sites (N-methyl/N-ethyl adjacent to an activating group) is 2. The fraction of sp³-hybridized carbons (Fsp3) is 0.353. The Kier molecular flexibility index (Phi) is 5.95. The summed E-state index contributed by atoms with van der Waals surface area (Å²) in [6.07, 6.45) is 1.65. The second-order valence-electron chi connectivity index (χ2n) is 5.21. The van der Waals surface area contributed by atoms with Gasteiger partial charge in [-0.05, 0) is 32.0 Å². The van der Waals surface area contributed by atoms with Gasteiger partial charge in [-0.15, -0.1) is 0 Å². The fourth-order valence-electron chi connectivity index (χ4n) is 2.25. The summed E-state index contributed by atoms with van der Waals surface area (Å²) in [6, 6.07) is 8.09. The van der Waals surface area contributed by atoms with Crippen LogP contribution >= 0.6 is 0 Å². The van der Waals surface area contributed by atoms with Gasteiger partial charge in [0.2, 0.25) is 5.91 Å². The first kappa shape index (κ1) is 17.5. The molecule has 0 bridgehead atoms. The topological polar surface area (TPSA) is 84.5 Å². The van der Waals surface area contributed by atoms with E-state index in [1.165, 1.54) is 15.5 Å². The summed E-state index contributed by atoms with van der Waals surface area (Å²) in [6.45, 7) is 4.75. The third-order valence-corrected chi connectivity index (χ3v) is 3.47. The van der Waals surface area contributed by atoms with Crippen LogP contribution in [0.15, 0.2) is 45.7 Å². The van der Waals surface area contributed by atoms with E-state index in [0.29, 0.717) is 18.8 Å². The highest BCUT2D eigenvalue weighted by molar-refractivity contribution is 5.94. The van der Waals surface area contributed by atoms with E-state index >= 15 is 0 Å². The fourth-order valence-corrected chi connectivity index (χ4v) is 2.25. The monoisotopic (exact) mass is 331 g/mol. The van der Waals surface area contributed by atoms with E-state index in [2.05, 4.69) is 5.32 Å². The first-order chi connectivity index (χ1) is 11.5. The van der Waals surface area contributed by atoms with Gasteiger partial charge in [0.05, 0.1) is 13.1 Å². The molecule has 128 valence electrons. The molecule has 2 aromatic rings. The molecule has 2 rings (SSSR count). The van der Waals surface area contributed by atoms with Crippen molar-refractivity contribution in [1.29, 1.82) is 0 Å². The molecular formula is C17H21N3O4. The maximum Gasteiger partial charge on any atom is 0.290 e. The van der Waals surface area contributed by atoms with Crippen molar-refractivity contribution in [3.05, 3.63) is 58.4 Å². The van der Waals surface area contributed by atoms with Crippen LogP contribution < -0.4 is 10.9 Å². The molecule has 7 nitrogen and oxygen atoms in total. The lowest BCUT2D eigenvalue weighted by atomic mass is 10.3. The van der Waals surface area contributed by atoms with Crippen molar-refractivity contribution < 1.29 is 14.0 Å². The molecule has 7 heteroatoms. The summed E-state index contributed by atoms with van der Waals surface area (Å²) in [5.74, 6) is 0.0894. The van der Waals surface area contributed by atoms with Crippen LogP contribution in [0.1, 0.15) is 30.2 Å². The van der Waals surface area contributed by atoms with E-state index in [1.807, 2.05) is 6.92 Å². The first-order valence-corrected chi connectivity index (χ1v) is 7.85. The van der Waals surface area contributed by atoms with Gasteiger partial charge in [0, 0.05) is 25.4 Å². The van der Waals surface area contributed by atoms with Gasteiger partial charge < -0.3 is 19.2 Å². The number of rotatable bonds is 7. The van der Waals surface area contributed by atoms with Crippen LogP contribution in [0.2, 0.25) is 0 Å². The minimum atomic E-state index is -0.351. The lowest BCUT2D eigenvalue weighted by Crippen LogP contribution is -2.40. The van der Waals surface area contributed by atoms with Crippen LogP contribution in [0.5, 0.6) is 0 Å². The molecule has 2 heterocycles. The SMILES string of the molecule is CCNC(=O)CN(CC)C(=O)c1ccc(Cn2ccccc2=O)o1. The Bertz CT molecular complexity index is 763. The number of hydrogen-bond acceptors (Lipinski definition) is 4. The lowest BCUT2D eigenvalue weighted by molar-refractivity contribution is -0.121. The number of furan rings is 1. The summed E-state index contributed by atoms with van der Waals surface area (Å²) in [5.41, 5.74) is -0.145. The second-order valence-corrected chi connectivity index (χ2v) is 5.21. The van der Waals surface area contributed by atoms with Gasteiger partial charge in [-0.3, -0.25) is 14.4 Å². The zero-order chi connectivity index (χ0) is 17.5. The standard InChI is InChI=1S/C17H21N3O4/c1-3-18-15(21)12-19(4-2)17(23)14-9-8-13(24-14)11-20-10-6-5-7-16(20)22/h5-10H,3-4,11-12H2,1-2H3,(H,18,21). The Labute approximate surface area is 139 Å². The average Bonchev–Trinajstić information content (AvgIpc) is 3.03. The van der Waals surface area contributed by atoms with Crippen LogP contribution in [0.3, 0.4) is 0 Å². The van der Waals surface area contributed by atoms with Crippen LogP contribution in [0.4, 0.5) is 0 Å². The third kappa shape index (κ3) is 4.34. The highest BCUT2D eigenvalue weighted by Crippen LogP contribution is 2.12. The van der Waals surface area contributed by atoms with E-state index in [-0.39, 0.29) is 36.2 Å². The molecule has 0 fully saturated rings. The molecule has 0 spiro atoms. The van der Waals surface area contributed by atoms with Gasteiger partial charge in [-0.1, -0.05) is 6.07 Å². The molecule has 0 saturated carbocycles. The molecule has 0 radical (unpaired) electrons. The molecule has 24 heavy (non-hydrogen) atoms. The molecule has 1 N–H and O–H groups in total. The van der Waals surface area contributed by atoms with Gasteiger partial charge in [-0.2, -0.15) is 0 Å². The quantitative estimate of drug-likeness (QED) is 0.823. The maximum absolute atomic E-state index is 12.4. The van der Waals surface area contributed by atoms with E-state index in [4.69, 9.17) is 4.42 Å². The number of pyridine rings is 1. The van der Waals surface area contributed by atoms with Gasteiger partial charge in [-0.25, -0.2) is 0 Å².